The van der Waals surface area contributed by atoms with Crippen molar-refractivity contribution in [1.29, 1.82) is 0 Å². The van der Waals surface area contributed by atoms with Crippen LogP contribution in [-0.4, -0.2) is 57.0 Å². The fourth-order valence-electron chi connectivity index (χ4n) is 3.11. The Morgan fingerprint density at radius 1 is 0.966 bits per heavy atom. The average molecular weight is 428 g/mol. The number of morpholine rings is 1. The van der Waals surface area contributed by atoms with Crippen LogP contribution in [0.5, 0.6) is 0 Å². The van der Waals surface area contributed by atoms with Gasteiger partial charge < -0.3 is 4.74 Å². The van der Waals surface area contributed by atoms with E-state index in [-0.39, 0.29) is 18.0 Å². The quantitative estimate of drug-likeness (QED) is 0.680. The molecule has 0 spiro atoms. The Bertz CT molecular complexity index is 881. The highest BCUT2D eigenvalue weighted by atomic mass is 32.2. The average Bonchev–Trinajstić information content (AvgIpc) is 2.72. The van der Waals surface area contributed by atoms with E-state index in [0.717, 1.165) is 25.2 Å². The SMILES string of the molecule is O=S(=O)(c1ccccc1)N(CCN1CCOCC1)Cc1ccc(C(F)(F)F)cc1. The first-order valence-electron chi connectivity index (χ1n) is 9.28. The lowest BCUT2D eigenvalue weighted by atomic mass is 10.1. The summed E-state index contributed by atoms with van der Waals surface area (Å²) in [5, 5.41) is 0. The van der Waals surface area contributed by atoms with Gasteiger partial charge in [0.2, 0.25) is 10.0 Å². The molecule has 0 N–H and O–H groups in total. The molecule has 1 fully saturated rings. The number of rotatable bonds is 7. The number of ether oxygens (including phenoxy) is 1. The van der Waals surface area contributed by atoms with Crippen LogP contribution in [0.15, 0.2) is 59.5 Å². The molecule has 2 aromatic carbocycles. The number of halogens is 3. The summed E-state index contributed by atoms with van der Waals surface area (Å²) in [6.45, 7) is 3.40. The van der Waals surface area contributed by atoms with Gasteiger partial charge in [-0.2, -0.15) is 17.5 Å². The summed E-state index contributed by atoms with van der Waals surface area (Å²) in [5.74, 6) is 0. The van der Waals surface area contributed by atoms with Crippen molar-refractivity contribution < 1.29 is 26.3 Å². The molecule has 1 heterocycles. The fraction of sp³-hybridized carbons (Fsp3) is 0.400. The van der Waals surface area contributed by atoms with E-state index in [1.165, 1.54) is 28.6 Å². The van der Waals surface area contributed by atoms with E-state index in [1.807, 2.05) is 0 Å². The molecule has 3 rings (SSSR count). The fourth-order valence-corrected chi connectivity index (χ4v) is 4.55. The van der Waals surface area contributed by atoms with Gasteiger partial charge >= 0.3 is 6.18 Å². The van der Waals surface area contributed by atoms with Crippen molar-refractivity contribution in [1.82, 2.24) is 9.21 Å². The maximum atomic E-state index is 13.1. The van der Waals surface area contributed by atoms with Crippen LogP contribution >= 0.6 is 0 Å². The Labute approximate surface area is 168 Å². The summed E-state index contributed by atoms with van der Waals surface area (Å²) >= 11 is 0. The molecule has 1 aliphatic rings. The first-order chi connectivity index (χ1) is 13.8. The van der Waals surface area contributed by atoms with Crippen molar-refractivity contribution in [2.45, 2.75) is 17.6 Å². The Morgan fingerprint density at radius 2 is 1.59 bits per heavy atom. The first kappa shape index (κ1) is 21.8. The summed E-state index contributed by atoms with van der Waals surface area (Å²) in [4.78, 5) is 2.28. The largest absolute Gasteiger partial charge is 0.416 e. The lowest BCUT2D eigenvalue weighted by molar-refractivity contribution is -0.137. The van der Waals surface area contributed by atoms with Crippen molar-refractivity contribution >= 4 is 10.0 Å². The van der Waals surface area contributed by atoms with Crippen LogP contribution in [0.1, 0.15) is 11.1 Å². The zero-order chi connectivity index (χ0) is 20.9. The zero-order valence-corrected chi connectivity index (χ0v) is 16.6. The van der Waals surface area contributed by atoms with Crippen molar-refractivity contribution in [3.8, 4) is 0 Å². The van der Waals surface area contributed by atoms with Crippen molar-refractivity contribution in [3.63, 3.8) is 0 Å². The Kier molecular flexibility index (Phi) is 6.94. The van der Waals surface area contributed by atoms with Crippen molar-refractivity contribution in [2.24, 2.45) is 0 Å². The smallest absolute Gasteiger partial charge is 0.379 e. The van der Waals surface area contributed by atoms with E-state index < -0.39 is 21.8 Å². The van der Waals surface area contributed by atoms with E-state index in [0.29, 0.717) is 25.3 Å². The zero-order valence-electron chi connectivity index (χ0n) is 15.8. The minimum Gasteiger partial charge on any atom is -0.379 e. The topological polar surface area (TPSA) is 49.9 Å². The van der Waals surface area contributed by atoms with Crippen LogP contribution in [0.3, 0.4) is 0 Å². The summed E-state index contributed by atoms with van der Waals surface area (Å²) in [5.41, 5.74) is -0.258. The molecule has 0 aliphatic carbocycles. The molecular formula is C20H23F3N2O3S. The highest BCUT2D eigenvalue weighted by molar-refractivity contribution is 7.89. The van der Waals surface area contributed by atoms with E-state index in [2.05, 4.69) is 4.90 Å². The highest BCUT2D eigenvalue weighted by Gasteiger charge is 2.30. The third-order valence-electron chi connectivity index (χ3n) is 4.79. The maximum absolute atomic E-state index is 13.1. The molecule has 1 saturated heterocycles. The second kappa shape index (κ2) is 9.25. The molecule has 2 aromatic rings. The molecule has 1 aliphatic heterocycles. The van der Waals surface area contributed by atoms with Crippen molar-refractivity contribution in [3.05, 3.63) is 65.7 Å². The van der Waals surface area contributed by atoms with Gasteiger partial charge in [0.05, 0.1) is 23.7 Å². The lowest BCUT2D eigenvalue weighted by Crippen LogP contribution is -2.42. The molecule has 158 valence electrons. The van der Waals surface area contributed by atoms with Crippen LogP contribution in [0, 0.1) is 0 Å². The number of nitrogens with zero attached hydrogens (tertiary/aromatic N) is 2. The number of alkyl halides is 3. The standard InChI is InChI=1S/C20H23F3N2O3S/c21-20(22,23)18-8-6-17(7-9-18)16-25(11-10-24-12-14-28-15-13-24)29(26,27)19-4-2-1-3-5-19/h1-9H,10-16H2. The third-order valence-corrected chi connectivity index (χ3v) is 6.65. The summed E-state index contributed by atoms with van der Waals surface area (Å²) in [6.07, 6.45) is -4.43. The number of hydrogen-bond donors (Lipinski definition) is 0. The van der Waals surface area contributed by atoms with Crippen LogP contribution < -0.4 is 0 Å². The van der Waals surface area contributed by atoms with Gasteiger partial charge in [-0.05, 0) is 29.8 Å². The number of sulfonamides is 1. The van der Waals surface area contributed by atoms with Crippen LogP contribution in [0.25, 0.3) is 0 Å². The summed E-state index contributed by atoms with van der Waals surface area (Å²) < 4.78 is 71.3. The Balaban J connectivity index is 1.80. The van der Waals surface area contributed by atoms with E-state index >= 15 is 0 Å². The van der Waals surface area contributed by atoms with E-state index in [1.54, 1.807) is 18.2 Å². The van der Waals surface area contributed by atoms with Gasteiger partial charge in [0.25, 0.3) is 0 Å². The van der Waals surface area contributed by atoms with Gasteiger partial charge in [0.15, 0.2) is 0 Å². The predicted octanol–water partition coefficient (Wildman–Crippen LogP) is 3.23. The molecule has 0 saturated carbocycles. The molecule has 0 aromatic heterocycles. The molecule has 0 unspecified atom stereocenters. The highest BCUT2D eigenvalue weighted by Crippen LogP contribution is 2.29. The van der Waals surface area contributed by atoms with Gasteiger partial charge in [-0.15, -0.1) is 0 Å². The molecule has 0 amide bonds. The predicted molar refractivity (Wildman–Crippen MR) is 103 cm³/mol. The van der Waals surface area contributed by atoms with Gasteiger partial charge in [-0.1, -0.05) is 30.3 Å². The van der Waals surface area contributed by atoms with E-state index in [4.69, 9.17) is 4.74 Å². The van der Waals surface area contributed by atoms with Gasteiger partial charge in [0.1, 0.15) is 0 Å². The van der Waals surface area contributed by atoms with Gasteiger partial charge in [-0.3, -0.25) is 4.90 Å². The molecule has 0 radical (unpaired) electrons. The third kappa shape index (κ3) is 5.79. The van der Waals surface area contributed by atoms with Crippen LogP contribution in [0.4, 0.5) is 13.2 Å². The Hall–Kier alpha value is -1.94. The van der Waals surface area contributed by atoms with Gasteiger partial charge in [0, 0.05) is 32.7 Å². The lowest BCUT2D eigenvalue weighted by Gasteiger charge is -2.29. The molecule has 0 atom stereocenters. The van der Waals surface area contributed by atoms with Gasteiger partial charge in [-0.25, -0.2) is 8.42 Å². The normalized spacial score (nSPS) is 16.3. The maximum Gasteiger partial charge on any atom is 0.416 e. The number of benzene rings is 2. The molecule has 0 bridgehead atoms. The Morgan fingerprint density at radius 3 is 2.17 bits per heavy atom. The molecule has 5 nitrogen and oxygen atoms in total. The van der Waals surface area contributed by atoms with Crippen LogP contribution in [0.2, 0.25) is 0 Å². The molecular weight excluding hydrogens is 405 g/mol. The summed E-state index contributed by atoms with van der Waals surface area (Å²) in [6, 6.07) is 12.7. The van der Waals surface area contributed by atoms with E-state index in [9.17, 15) is 21.6 Å². The summed E-state index contributed by atoms with van der Waals surface area (Å²) in [7, 11) is -3.79. The van der Waals surface area contributed by atoms with Crippen molar-refractivity contribution in [2.75, 3.05) is 39.4 Å². The molecule has 9 heteroatoms. The minimum absolute atomic E-state index is 0.000293. The first-order valence-corrected chi connectivity index (χ1v) is 10.7. The van der Waals surface area contributed by atoms with Crippen LogP contribution in [-0.2, 0) is 27.5 Å². The molecule has 29 heavy (non-hydrogen) atoms. The number of hydrogen-bond acceptors (Lipinski definition) is 4. The minimum atomic E-state index is -4.43. The second-order valence-electron chi connectivity index (χ2n) is 6.80. The monoisotopic (exact) mass is 428 g/mol. The second-order valence-corrected chi connectivity index (χ2v) is 8.74.